The molecule has 1 aromatic heterocycles. The number of rotatable bonds is 6. The molecule has 5 heteroatoms. The van der Waals surface area contributed by atoms with E-state index in [9.17, 15) is 9.90 Å². The molecule has 0 radical (unpaired) electrons. The molecule has 0 spiro atoms. The summed E-state index contributed by atoms with van der Waals surface area (Å²) >= 11 is 0. The molecule has 0 bridgehead atoms. The van der Waals surface area contributed by atoms with Gasteiger partial charge in [0.25, 0.3) is 0 Å². The van der Waals surface area contributed by atoms with Crippen LogP contribution in [0.3, 0.4) is 0 Å². The summed E-state index contributed by atoms with van der Waals surface area (Å²) in [6, 6.07) is 19.0. The normalized spacial score (nSPS) is 13.0. The zero-order valence-electron chi connectivity index (χ0n) is 15.7. The molecule has 0 aliphatic rings. The van der Waals surface area contributed by atoms with Crippen LogP contribution < -0.4 is 5.32 Å². The van der Waals surface area contributed by atoms with Gasteiger partial charge in [-0.3, -0.25) is 0 Å². The topological polar surface area (TPSA) is 75.1 Å². The molecule has 5 nitrogen and oxygen atoms in total. The second-order valence-corrected chi connectivity index (χ2v) is 6.71. The Kier molecular flexibility index (Phi) is 5.50. The fourth-order valence-corrected chi connectivity index (χ4v) is 3.15. The van der Waals surface area contributed by atoms with Crippen LogP contribution in [0.5, 0.6) is 0 Å². The van der Waals surface area contributed by atoms with Crippen LogP contribution in [-0.2, 0) is 4.79 Å². The highest BCUT2D eigenvalue weighted by Crippen LogP contribution is 2.27. The van der Waals surface area contributed by atoms with Crippen molar-refractivity contribution in [3.8, 4) is 11.1 Å². The quantitative estimate of drug-likeness (QED) is 0.679. The highest BCUT2D eigenvalue weighted by atomic mass is 16.4. The Balaban J connectivity index is 1.89. The maximum absolute atomic E-state index is 11.9. The number of carboxylic acids is 1. The van der Waals surface area contributed by atoms with Crippen LogP contribution in [0, 0.1) is 13.8 Å². The average Bonchev–Trinajstić information content (AvgIpc) is 2.65. The van der Waals surface area contributed by atoms with E-state index >= 15 is 0 Å². The summed E-state index contributed by atoms with van der Waals surface area (Å²) in [5, 5.41) is 12.8. The Bertz CT molecular complexity index is 921. The summed E-state index contributed by atoms with van der Waals surface area (Å²) in [7, 11) is 0. The van der Waals surface area contributed by atoms with Gasteiger partial charge in [0.15, 0.2) is 0 Å². The molecule has 138 valence electrons. The fraction of sp³-hybridized carbons (Fsp3) is 0.227. The van der Waals surface area contributed by atoms with Crippen LogP contribution in [0.1, 0.15) is 29.8 Å². The number of benzene rings is 2. The van der Waals surface area contributed by atoms with Crippen LogP contribution in [0.25, 0.3) is 11.1 Å². The monoisotopic (exact) mass is 361 g/mol. The van der Waals surface area contributed by atoms with Gasteiger partial charge in [-0.05, 0) is 36.6 Å². The number of carbonyl (C=O) groups is 1. The van der Waals surface area contributed by atoms with Gasteiger partial charge in [0, 0.05) is 17.3 Å². The highest BCUT2D eigenvalue weighted by molar-refractivity contribution is 5.78. The molecule has 0 saturated heterocycles. The maximum Gasteiger partial charge on any atom is 0.326 e. The SMILES string of the molecule is Cc1cc(C)nc(NC(C(=O)O)C(C)c2cccc(-c3ccccc3)c2)n1. The fourth-order valence-electron chi connectivity index (χ4n) is 3.15. The molecule has 0 aliphatic heterocycles. The number of aromatic nitrogens is 2. The lowest BCUT2D eigenvalue weighted by Gasteiger charge is -2.22. The first-order chi connectivity index (χ1) is 12.9. The Morgan fingerprint density at radius 3 is 2.19 bits per heavy atom. The summed E-state index contributed by atoms with van der Waals surface area (Å²) in [6.45, 7) is 5.63. The number of nitrogens with one attached hydrogen (secondary N) is 1. The van der Waals surface area contributed by atoms with Crippen molar-refractivity contribution in [2.45, 2.75) is 32.7 Å². The van der Waals surface area contributed by atoms with E-state index in [1.165, 1.54) is 0 Å². The molecule has 0 saturated carbocycles. The number of nitrogens with zero attached hydrogens (tertiary/aromatic N) is 2. The van der Waals surface area contributed by atoms with Crippen molar-refractivity contribution in [1.29, 1.82) is 0 Å². The van der Waals surface area contributed by atoms with Crippen LogP contribution in [0.4, 0.5) is 5.95 Å². The van der Waals surface area contributed by atoms with Gasteiger partial charge in [0.1, 0.15) is 6.04 Å². The smallest absolute Gasteiger partial charge is 0.326 e. The van der Waals surface area contributed by atoms with E-state index in [1.54, 1.807) is 0 Å². The molecular weight excluding hydrogens is 338 g/mol. The third-order valence-electron chi connectivity index (χ3n) is 4.55. The third kappa shape index (κ3) is 4.50. The van der Waals surface area contributed by atoms with Gasteiger partial charge in [-0.2, -0.15) is 0 Å². The standard InChI is InChI=1S/C22H23N3O2/c1-14-12-15(2)24-22(23-14)25-20(21(26)27)16(3)18-10-7-11-19(13-18)17-8-5-4-6-9-17/h4-13,16,20H,1-3H3,(H,26,27)(H,23,24,25). The molecule has 2 unspecified atom stereocenters. The minimum absolute atomic E-state index is 0.268. The van der Waals surface area contributed by atoms with Crippen molar-refractivity contribution < 1.29 is 9.90 Å². The van der Waals surface area contributed by atoms with Gasteiger partial charge in [0.2, 0.25) is 5.95 Å². The average molecular weight is 361 g/mol. The Labute approximate surface area is 159 Å². The van der Waals surface area contributed by atoms with Gasteiger partial charge in [0.05, 0.1) is 0 Å². The van der Waals surface area contributed by atoms with E-state index < -0.39 is 12.0 Å². The minimum atomic E-state index is -0.935. The number of carboxylic acid groups (broad SMARTS) is 1. The molecule has 3 aromatic rings. The van der Waals surface area contributed by atoms with Crippen LogP contribution in [0.15, 0.2) is 60.7 Å². The lowest BCUT2D eigenvalue weighted by atomic mass is 9.91. The molecule has 0 amide bonds. The van der Waals surface area contributed by atoms with Crippen molar-refractivity contribution >= 4 is 11.9 Å². The van der Waals surface area contributed by atoms with Crippen molar-refractivity contribution in [1.82, 2.24) is 9.97 Å². The largest absolute Gasteiger partial charge is 0.480 e. The molecule has 0 fully saturated rings. The lowest BCUT2D eigenvalue weighted by molar-refractivity contribution is -0.138. The van der Waals surface area contributed by atoms with Crippen molar-refractivity contribution in [2.75, 3.05) is 5.32 Å². The predicted octanol–water partition coefficient (Wildman–Crippen LogP) is 4.43. The van der Waals surface area contributed by atoms with E-state index in [0.29, 0.717) is 5.95 Å². The van der Waals surface area contributed by atoms with E-state index in [4.69, 9.17) is 0 Å². The molecule has 2 atom stereocenters. The first kappa shape index (κ1) is 18.6. The predicted molar refractivity (Wildman–Crippen MR) is 107 cm³/mol. The number of aliphatic carboxylic acids is 1. The summed E-state index contributed by atoms with van der Waals surface area (Å²) in [5.74, 6) is -0.864. The van der Waals surface area contributed by atoms with Crippen LogP contribution in [0.2, 0.25) is 0 Å². The lowest BCUT2D eigenvalue weighted by Crippen LogP contribution is -2.35. The van der Waals surface area contributed by atoms with Crippen molar-refractivity contribution in [3.63, 3.8) is 0 Å². The summed E-state index contributed by atoms with van der Waals surface area (Å²) in [6.07, 6.45) is 0. The molecule has 27 heavy (non-hydrogen) atoms. The van der Waals surface area contributed by atoms with E-state index in [-0.39, 0.29) is 5.92 Å². The van der Waals surface area contributed by atoms with Crippen molar-refractivity contribution in [2.24, 2.45) is 0 Å². The second kappa shape index (κ2) is 7.99. The molecule has 0 aliphatic carbocycles. The molecule has 2 N–H and O–H groups in total. The zero-order valence-corrected chi connectivity index (χ0v) is 15.7. The second-order valence-electron chi connectivity index (χ2n) is 6.71. The van der Waals surface area contributed by atoms with E-state index in [2.05, 4.69) is 15.3 Å². The molecule has 3 rings (SSSR count). The molecule has 1 heterocycles. The highest BCUT2D eigenvalue weighted by Gasteiger charge is 2.27. The summed E-state index contributed by atoms with van der Waals surface area (Å²) < 4.78 is 0. The number of anilines is 1. The third-order valence-corrected chi connectivity index (χ3v) is 4.55. The van der Waals surface area contributed by atoms with E-state index in [1.807, 2.05) is 81.4 Å². The van der Waals surface area contributed by atoms with Gasteiger partial charge in [-0.1, -0.05) is 61.5 Å². The van der Waals surface area contributed by atoms with Crippen molar-refractivity contribution in [3.05, 3.63) is 77.6 Å². The number of hydrogen-bond donors (Lipinski definition) is 2. The molecular formula is C22H23N3O2. The van der Waals surface area contributed by atoms with Gasteiger partial charge >= 0.3 is 5.97 Å². The summed E-state index contributed by atoms with van der Waals surface area (Å²) in [5.41, 5.74) is 4.71. The summed E-state index contributed by atoms with van der Waals surface area (Å²) in [4.78, 5) is 20.5. The zero-order chi connectivity index (χ0) is 19.4. The first-order valence-corrected chi connectivity index (χ1v) is 8.91. The number of aryl methyl sites for hydroxylation is 2. The van der Waals surface area contributed by atoms with E-state index in [0.717, 1.165) is 28.1 Å². The minimum Gasteiger partial charge on any atom is -0.480 e. The first-order valence-electron chi connectivity index (χ1n) is 8.91. The van der Waals surface area contributed by atoms with Crippen LogP contribution >= 0.6 is 0 Å². The Morgan fingerprint density at radius 1 is 0.926 bits per heavy atom. The molecule has 2 aromatic carbocycles. The Hall–Kier alpha value is -3.21. The maximum atomic E-state index is 11.9. The number of hydrogen-bond acceptors (Lipinski definition) is 4. The van der Waals surface area contributed by atoms with Gasteiger partial charge in [-0.15, -0.1) is 0 Å². The Morgan fingerprint density at radius 2 is 1.56 bits per heavy atom. The van der Waals surface area contributed by atoms with Crippen LogP contribution in [-0.4, -0.2) is 27.1 Å². The van der Waals surface area contributed by atoms with Gasteiger partial charge < -0.3 is 10.4 Å². The van der Waals surface area contributed by atoms with Gasteiger partial charge in [-0.25, -0.2) is 14.8 Å².